The highest BCUT2D eigenvalue weighted by molar-refractivity contribution is 5.62. The van der Waals surface area contributed by atoms with Gasteiger partial charge >= 0.3 is 0 Å². The second kappa shape index (κ2) is 19.5. The summed E-state index contributed by atoms with van der Waals surface area (Å²) in [6.07, 6.45) is 17.3. The Bertz CT molecular complexity index is 196. The van der Waals surface area contributed by atoms with E-state index in [0.29, 0.717) is 6.61 Å². The van der Waals surface area contributed by atoms with Crippen LogP contribution in [0.3, 0.4) is 0 Å². The number of aliphatic hydroxyl groups excluding tert-OH is 1. The Labute approximate surface area is 118 Å². The van der Waals surface area contributed by atoms with Gasteiger partial charge in [0, 0.05) is 13.5 Å². The number of aliphatic hydroxyl groups is 1. The zero-order valence-corrected chi connectivity index (χ0v) is 12.7. The number of carboxylic acid groups (broad SMARTS) is 1. The number of hydrogen-bond donors (Lipinski definition) is 2. The lowest BCUT2D eigenvalue weighted by atomic mass is 10.1. The Morgan fingerprint density at radius 3 is 1.74 bits per heavy atom. The summed E-state index contributed by atoms with van der Waals surface area (Å²) in [6, 6.07) is 0. The Hall–Kier alpha value is -0.830. The highest BCUT2D eigenvalue weighted by Crippen LogP contribution is 2.06. The van der Waals surface area contributed by atoms with Crippen LogP contribution in [0.15, 0.2) is 12.2 Å². The van der Waals surface area contributed by atoms with Gasteiger partial charge in [-0.3, -0.25) is 4.79 Å². The van der Waals surface area contributed by atoms with E-state index in [1.807, 2.05) is 0 Å². The molecule has 0 aromatic carbocycles. The molecule has 0 heterocycles. The van der Waals surface area contributed by atoms with Crippen molar-refractivity contribution in [1.29, 1.82) is 0 Å². The van der Waals surface area contributed by atoms with Crippen LogP contribution >= 0.6 is 0 Å². The van der Waals surface area contributed by atoms with Crippen LogP contribution in [0.25, 0.3) is 0 Å². The molecule has 0 bridgehead atoms. The zero-order valence-electron chi connectivity index (χ0n) is 12.7. The lowest BCUT2D eigenvalue weighted by Crippen LogP contribution is -1.81. The molecule has 114 valence electrons. The Kier molecular flexibility index (Phi) is 21.0. The van der Waals surface area contributed by atoms with Crippen molar-refractivity contribution in [3.63, 3.8) is 0 Å². The lowest BCUT2D eigenvalue weighted by Gasteiger charge is -1.96. The molecular weight excluding hydrogens is 240 g/mol. The van der Waals surface area contributed by atoms with Gasteiger partial charge < -0.3 is 10.2 Å². The monoisotopic (exact) mass is 272 g/mol. The summed E-state index contributed by atoms with van der Waals surface area (Å²) < 4.78 is 0. The Morgan fingerprint density at radius 2 is 1.32 bits per heavy atom. The second-order valence-electron chi connectivity index (χ2n) is 4.77. The minimum Gasteiger partial charge on any atom is -0.481 e. The first-order chi connectivity index (χ1) is 9.15. The predicted octanol–water partition coefficient (Wildman–Crippen LogP) is 4.55. The van der Waals surface area contributed by atoms with E-state index in [1.54, 1.807) is 0 Å². The van der Waals surface area contributed by atoms with E-state index in [2.05, 4.69) is 19.1 Å². The van der Waals surface area contributed by atoms with Crippen molar-refractivity contribution in [1.82, 2.24) is 0 Å². The summed E-state index contributed by atoms with van der Waals surface area (Å²) >= 11 is 0. The number of hydrogen-bond acceptors (Lipinski definition) is 2. The zero-order chi connectivity index (χ0) is 14.8. The van der Waals surface area contributed by atoms with E-state index >= 15 is 0 Å². The van der Waals surface area contributed by atoms with Crippen LogP contribution in [0.4, 0.5) is 0 Å². The number of allylic oxidation sites excluding steroid dienone is 2. The summed E-state index contributed by atoms with van der Waals surface area (Å²) in [7, 11) is 0. The van der Waals surface area contributed by atoms with Crippen LogP contribution in [0.1, 0.15) is 78.1 Å². The second-order valence-corrected chi connectivity index (χ2v) is 4.77. The molecule has 0 aromatic heterocycles. The minimum atomic E-state index is -0.833. The number of carbonyl (C=O) groups is 1. The molecule has 19 heavy (non-hydrogen) atoms. The molecule has 3 heteroatoms. The molecule has 0 spiro atoms. The van der Waals surface area contributed by atoms with Crippen molar-refractivity contribution >= 4 is 5.97 Å². The first-order valence-electron chi connectivity index (χ1n) is 7.60. The fourth-order valence-corrected chi connectivity index (χ4v) is 1.65. The number of rotatable bonds is 11. The predicted molar refractivity (Wildman–Crippen MR) is 81.4 cm³/mol. The quantitative estimate of drug-likeness (QED) is 0.428. The molecule has 0 rings (SSSR count). The van der Waals surface area contributed by atoms with Crippen LogP contribution in [0, 0.1) is 0 Å². The molecule has 0 aliphatic heterocycles. The van der Waals surface area contributed by atoms with Crippen molar-refractivity contribution in [3.8, 4) is 0 Å². The third-order valence-corrected chi connectivity index (χ3v) is 2.67. The molecule has 0 saturated carbocycles. The molecule has 0 amide bonds. The maximum atomic E-state index is 9.00. The highest BCUT2D eigenvalue weighted by Gasteiger charge is 1.87. The van der Waals surface area contributed by atoms with Gasteiger partial charge in [-0.05, 0) is 32.1 Å². The van der Waals surface area contributed by atoms with Crippen molar-refractivity contribution in [2.45, 2.75) is 78.1 Å². The molecule has 0 aliphatic carbocycles. The number of unbranched alkanes of at least 4 members (excludes halogenated alkanes) is 8. The van der Waals surface area contributed by atoms with Crippen LogP contribution < -0.4 is 0 Å². The van der Waals surface area contributed by atoms with E-state index in [4.69, 9.17) is 15.0 Å². The van der Waals surface area contributed by atoms with Gasteiger partial charge in [0.15, 0.2) is 0 Å². The van der Waals surface area contributed by atoms with Gasteiger partial charge in [-0.15, -0.1) is 0 Å². The van der Waals surface area contributed by atoms with Crippen LogP contribution in [0.2, 0.25) is 0 Å². The van der Waals surface area contributed by atoms with Crippen LogP contribution in [-0.2, 0) is 4.79 Å². The third kappa shape index (κ3) is 31.7. The first kappa shape index (κ1) is 20.5. The van der Waals surface area contributed by atoms with E-state index in [-0.39, 0.29) is 0 Å². The number of carboxylic acids is 1. The standard InChI is InChI=1S/C14H28O.C2H4O2/c1-2-3-4-5-6-7-8-9-10-11-12-13-14-15;1-2(3)4/h8-9,15H,2-7,10-14H2,1H3;1H3,(H,3,4). The van der Waals surface area contributed by atoms with Gasteiger partial charge in [0.1, 0.15) is 0 Å². The summed E-state index contributed by atoms with van der Waals surface area (Å²) in [5, 5.41) is 16.0. The normalized spacial score (nSPS) is 10.3. The van der Waals surface area contributed by atoms with Gasteiger partial charge in [0.05, 0.1) is 0 Å². The van der Waals surface area contributed by atoms with Crippen LogP contribution in [-0.4, -0.2) is 22.8 Å². The molecule has 0 radical (unpaired) electrons. The van der Waals surface area contributed by atoms with Gasteiger partial charge in [-0.1, -0.05) is 51.2 Å². The third-order valence-electron chi connectivity index (χ3n) is 2.67. The Morgan fingerprint density at radius 1 is 0.895 bits per heavy atom. The van der Waals surface area contributed by atoms with Gasteiger partial charge in [0.2, 0.25) is 0 Å². The molecule has 3 nitrogen and oxygen atoms in total. The van der Waals surface area contributed by atoms with E-state index in [1.165, 1.54) is 51.4 Å². The fourth-order valence-electron chi connectivity index (χ4n) is 1.65. The summed E-state index contributed by atoms with van der Waals surface area (Å²) in [6.45, 7) is 3.69. The van der Waals surface area contributed by atoms with E-state index in [0.717, 1.165) is 19.8 Å². The van der Waals surface area contributed by atoms with E-state index < -0.39 is 5.97 Å². The lowest BCUT2D eigenvalue weighted by molar-refractivity contribution is -0.134. The summed E-state index contributed by atoms with van der Waals surface area (Å²) in [5.74, 6) is -0.833. The Balaban J connectivity index is 0. The smallest absolute Gasteiger partial charge is 0.300 e. The molecule has 0 aromatic rings. The van der Waals surface area contributed by atoms with Crippen molar-refractivity contribution < 1.29 is 15.0 Å². The molecule has 0 aliphatic rings. The molecule has 0 atom stereocenters. The summed E-state index contributed by atoms with van der Waals surface area (Å²) in [4.78, 5) is 9.00. The fraction of sp³-hybridized carbons (Fsp3) is 0.812. The van der Waals surface area contributed by atoms with Gasteiger partial charge in [-0.25, -0.2) is 0 Å². The van der Waals surface area contributed by atoms with Crippen molar-refractivity contribution in [2.24, 2.45) is 0 Å². The average molecular weight is 272 g/mol. The first-order valence-corrected chi connectivity index (χ1v) is 7.60. The van der Waals surface area contributed by atoms with Gasteiger partial charge in [-0.2, -0.15) is 0 Å². The summed E-state index contributed by atoms with van der Waals surface area (Å²) in [5.41, 5.74) is 0. The maximum Gasteiger partial charge on any atom is 0.300 e. The molecule has 0 fully saturated rings. The maximum absolute atomic E-state index is 9.00. The number of aliphatic carboxylic acids is 1. The molecule has 0 saturated heterocycles. The average Bonchev–Trinajstić information content (AvgIpc) is 2.35. The van der Waals surface area contributed by atoms with E-state index in [9.17, 15) is 0 Å². The van der Waals surface area contributed by atoms with Crippen LogP contribution in [0.5, 0.6) is 0 Å². The largest absolute Gasteiger partial charge is 0.481 e. The highest BCUT2D eigenvalue weighted by atomic mass is 16.4. The molecule has 0 unspecified atom stereocenters. The molecule has 2 N–H and O–H groups in total. The van der Waals surface area contributed by atoms with Crippen molar-refractivity contribution in [2.75, 3.05) is 6.61 Å². The topological polar surface area (TPSA) is 57.5 Å². The SMILES string of the molecule is CC(=O)O.CCCCCCCC=CCCCCCO. The molecular formula is C16H32O3. The van der Waals surface area contributed by atoms with Crippen molar-refractivity contribution in [3.05, 3.63) is 12.2 Å². The minimum absolute atomic E-state index is 0.348. The van der Waals surface area contributed by atoms with Gasteiger partial charge in [0.25, 0.3) is 5.97 Å².